The van der Waals surface area contributed by atoms with Gasteiger partial charge in [0.25, 0.3) is 0 Å². The van der Waals surface area contributed by atoms with E-state index in [9.17, 15) is 4.79 Å². The molecule has 3 aromatic rings. The molecule has 1 amide bonds. The molecule has 3 aromatic carbocycles. The zero-order chi connectivity index (χ0) is 25.9. The van der Waals surface area contributed by atoms with Crippen LogP contribution in [0.4, 0.5) is 0 Å². The maximum Gasteiger partial charge on any atom is 0.220 e. The van der Waals surface area contributed by atoms with Gasteiger partial charge in [0.1, 0.15) is 6.61 Å². The van der Waals surface area contributed by atoms with E-state index < -0.39 is 0 Å². The van der Waals surface area contributed by atoms with Crippen molar-refractivity contribution in [1.29, 1.82) is 0 Å². The van der Waals surface area contributed by atoms with E-state index in [1.807, 2.05) is 67.6 Å². The Morgan fingerprint density at radius 2 is 1.39 bits per heavy atom. The highest BCUT2D eigenvalue weighted by Gasteiger charge is 2.15. The van der Waals surface area contributed by atoms with Gasteiger partial charge in [-0.15, -0.1) is 0 Å². The molecule has 0 saturated heterocycles. The number of carbonyl (C=O) groups is 1. The van der Waals surface area contributed by atoms with Gasteiger partial charge in [-0.2, -0.15) is 0 Å². The number of aryl methyl sites for hydroxylation is 1. The molecule has 0 bridgehead atoms. The summed E-state index contributed by atoms with van der Waals surface area (Å²) in [6.45, 7) is 2.46. The number of hydrogen-bond donors (Lipinski definition) is 1. The number of hydrogen-bond acceptors (Lipinski definition) is 6. The van der Waals surface area contributed by atoms with Gasteiger partial charge in [0.15, 0.2) is 23.0 Å². The molecule has 0 saturated carbocycles. The maximum absolute atomic E-state index is 12.6. The van der Waals surface area contributed by atoms with Crippen molar-refractivity contribution in [3.8, 4) is 28.7 Å². The van der Waals surface area contributed by atoms with Crippen LogP contribution < -0.4 is 29.0 Å². The van der Waals surface area contributed by atoms with Crippen LogP contribution in [0.3, 0.4) is 0 Å². The molecule has 0 aromatic heterocycles. The second-order valence-corrected chi connectivity index (χ2v) is 8.47. The molecule has 0 aliphatic carbocycles. The monoisotopic (exact) mass is 493 g/mol. The van der Waals surface area contributed by atoms with Gasteiger partial charge < -0.3 is 29.0 Å². The predicted molar refractivity (Wildman–Crippen MR) is 139 cm³/mol. The maximum atomic E-state index is 12.6. The predicted octanol–water partition coefficient (Wildman–Crippen LogP) is 4.98. The minimum absolute atomic E-state index is 0.0222. The minimum Gasteiger partial charge on any atom is -0.493 e. The van der Waals surface area contributed by atoms with Gasteiger partial charge in [-0.3, -0.25) is 4.79 Å². The van der Waals surface area contributed by atoms with Gasteiger partial charge in [-0.25, -0.2) is 0 Å². The number of ether oxygens (including phenoxy) is 5. The van der Waals surface area contributed by atoms with Crippen LogP contribution in [0, 0.1) is 0 Å². The SMILES string of the molecule is COc1cc(C[C@H](C)NC(=O)CCc2cc(OC)c(OC)c(OC)c2)ccc1OCc1ccccc1. The number of amides is 1. The Hall–Kier alpha value is -3.87. The summed E-state index contributed by atoms with van der Waals surface area (Å²) in [5, 5.41) is 3.08. The molecule has 0 aliphatic rings. The van der Waals surface area contributed by atoms with Crippen molar-refractivity contribution in [2.75, 3.05) is 28.4 Å². The molecule has 192 valence electrons. The molecule has 0 radical (unpaired) electrons. The molecule has 3 rings (SSSR count). The fraction of sp³-hybridized carbons (Fsp3) is 0.345. The highest BCUT2D eigenvalue weighted by atomic mass is 16.5. The van der Waals surface area contributed by atoms with Crippen molar-refractivity contribution < 1.29 is 28.5 Å². The first kappa shape index (κ1) is 26.7. The van der Waals surface area contributed by atoms with Crippen LogP contribution in [0.5, 0.6) is 28.7 Å². The molecule has 0 heterocycles. The van der Waals surface area contributed by atoms with E-state index >= 15 is 0 Å². The Morgan fingerprint density at radius 3 is 2.00 bits per heavy atom. The number of nitrogens with one attached hydrogen (secondary N) is 1. The second-order valence-electron chi connectivity index (χ2n) is 8.47. The largest absolute Gasteiger partial charge is 0.493 e. The van der Waals surface area contributed by atoms with E-state index in [1.54, 1.807) is 28.4 Å². The Kier molecular flexibility index (Phi) is 9.86. The average Bonchev–Trinajstić information content (AvgIpc) is 2.90. The van der Waals surface area contributed by atoms with E-state index in [0.717, 1.165) is 16.7 Å². The molecule has 0 spiro atoms. The van der Waals surface area contributed by atoms with Crippen molar-refractivity contribution in [3.63, 3.8) is 0 Å². The van der Waals surface area contributed by atoms with Crippen LogP contribution in [-0.4, -0.2) is 40.4 Å². The van der Waals surface area contributed by atoms with E-state index in [2.05, 4.69) is 5.32 Å². The third kappa shape index (κ3) is 7.31. The molecule has 0 fully saturated rings. The van der Waals surface area contributed by atoms with Gasteiger partial charge in [-0.05, 0) is 60.7 Å². The fourth-order valence-electron chi connectivity index (χ4n) is 3.98. The van der Waals surface area contributed by atoms with E-state index in [0.29, 0.717) is 54.6 Å². The summed E-state index contributed by atoms with van der Waals surface area (Å²) in [6.07, 6.45) is 1.57. The molecule has 1 N–H and O–H groups in total. The van der Waals surface area contributed by atoms with Gasteiger partial charge >= 0.3 is 0 Å². The molecule has 36 heavy (non-hydrogen) atoms. The lowest BCUT2D eigenvalue weighted by atomic mass is 10.1. The summed E-state index contributed by atoms with van der Waals surface area (Å²) in [7, 11) is 6.34. The van der Waals surface area contributed by atoms with Crippen LogP contribution >= 0.6 is 0 Å². The molecule has 0 aliphatic heterocycles. The smallest absolute Gasteiger partial charge is 0.220 e. The van der Waals surface area contributed by atoms with Gasteiger partial charge in [0, 0.05) is 12.5 Å². The van der Waals surface area contributed by atoms with Crippen molar-refractivity contribution in [3.05, 3.63) is 77.4 Å². The lowest BCUT2D eigenvalue weighted by Gasteiger charge is -2.17. The number of carbonyl (C=O) groups excluding carboxylic acids is 1. The minimum atomic E-state index is -0.0433. The van der Waals surface area contributed by atoms with Crippen molar-refractivity contribution in [1.82, 2.24) is 5.32 Å². The van der Waals surface area contributed by atoms with Crippen LogP contribution in [0.1, 0.15) is 30.0 Å². The second kappa shape index (κ2) is 13.3. The fourth-order valence-corrected chi connectivity index (χ4v) is 3.98. The van der Waals surface area contributed by atoms with Crippen LogP contribution in [-0.2, 0) is 24.2 Å². The van der Waals surface area contributed by atoms with Crippen molar-refractivity contribution >= 4 is 5.91 Å². The Labute approximate surface area is 213 Å². The summed E-state index contributed by atoms with van der Waals surface area (Å²) in [6, 6.07) is 19.6. The van der Waals surface area contributed by atoms with E-state index in [4.69, 9.17) is 23.7 Å². The lowest BCUT2D eigenvalue weighted by molar-refractivity contribution is -0.121. The van der Waals surface area contributed by atoms with Gasteiger partial charge in [0.2, 0.25) is 11.7 Å². The molecular weight excluding hydrogens is 458 g/mol. The average molecular weight is 494 g/mol. The summed E-state index contributed by atoms with van der Waals surface area (Å²) in [4.78, 5) is 12.6. The zero-order valence-electron chi connectivity index (χ0n) is 21.6. The quantitative estimate of drug-likeness (QED) is 0.362. The number of benzene rings is 3. The van der Waals surface area contributed by atoms with Gasteiger partial charge in [0.05, 0.1) is 28.4 Å². The first-order valence-corrected chi connectivity index (χ1v) is 11.9. The lowest BCUT2D eigenvalue weighted by Crippen LogP contribution is -2.34. The Balaban J connectivity index is 1.54. The highest BCUT2D eigenvalue weighted by Crippen LogP contribution is 2.38. The van der Waals surface area contributed by atoms with Gasteiger partial charge in [-0.1, -0.05) is 36.4 Å². The summed E-state index contributed by atoms with van der Waals surface area (Å²) in [5.74, 6) is 3.02. The Morgan fingerprint density at radius 1 is 0.750 bits per heavy atom. The van der Waals surface area contributed by atoms with E-state index in [-0.39, 0.29) is 11.9 Å². The van der Waals surface area contributed by atoms with Crippen molar-refractivity contribution in [2.45, 2.75) is 38.8 Å². The van der Waals surface area contributed by atoms with Crippen molar-refractivity contribution in [2.24, 2.45) is 0 Å². The third-order valence-corrected chi connectivity index (χ3v) is 5.78. The standard InChI is InChI=1S/C29H35NO6/c1-20(30-28(31)14-12-23-17-26(33-3)29(35-5)27(18-23)34-4)15-22-11-13-24(25(16-22)32-2)36-19-21-9-7-6-8-10-21/h6-11,13,16-18,20H,12,14-15,19H2,1-5H3,(H,30,31)/t20-/m0/s1. The topological polar surface area (TPSA) is 75.3 Å². The normalized spacial score (nSPS) is 11.4. The van der Waals surface area contributed by atoms with E-state index in [1.165, 1.54) is 0 Å². The first-order valence-electron chi connectivity index (χ1n) is 11.9. The Bertz CT molecular complexity index is 1110. The summed E-state index contributed by atoms with van der Waals surface area (Å²) in [5.41, 5.74) is 3.07. The third-order valence-electron chi connectivity index (χ3n) is 5.78. The molecule has 0 unspecified atom stereocenters. The molecule has 1 atom stereocenters. The van der Waals surface area contributed by atoms with Crippen LogP contribution in [0.25, 0.3) is 0 Å². The first-order chi connectivity index (χ1) is 17.5. The molecule has 7 nitrogen and oxygen atoms in total. The molecule has 7 heteroatoms. The number of methoxy groups -OCH3 is 4. The van der Waals surface area contributed by atoms with Crippen LogP contribution in [0.2, 0.25) is 0 Å². The van der Waals surface area contributed by atoms with Crippen LogP contribution in [0.15, 0.2) is 60.7 Å². The summed E-state index contributed by atoms with van der Waals surface area (Å²) < 4.78 is 27.6. The number of rotatable bonds is 13. The molecular formula is C29H35NO6. The zero-order valence-corrected chi connectivity index (χ0v) is 21.6. The highest BCUT2D eigenvalue weighted by molar-refractivity contribution is 5.76. The summed E-state index contributed by atoms with van der Waals surface area (Å²) >= 11 is 0.